The van der Waals surface area contributed by atoms with Crippen molar-refractivity contribution >= 4 is 17.8 Å². The fourth-order valence-electron chi connectivity index (χ4n) is 3.05. The largest absolute Gasteiger partial charge is 0.481 e. The molecule has 1 aromatic rings. The quantitative estimate of drug-likeness (QED) is 0.841. The van der Waals surface area contributed by atoms with Crippen LogP contribution in [0.15, 0.2) is 12.1 Å². The number of carbonyl (C=O) groups is 3. The maximum absolute atomic E-state index is 12.8. The van der Waals surface area contributed by atoms with Gasteiger partial charge >= 0.3 is 5.97 Å². The summed E-state index contributed by atoms with van der Waals surface area (Å²) in [5.74, 6) is -0.939. The normalized spacial score (nSPS) is 16.8. The summed E-state index contributed by atoms with van der Waals surface area (Å²) in [6.45, 7) is 3.65. The first-order valence-electron chi connectivity index (χ1n) is 7.83. The second-order valence-corrected chi connectivity index (χ2v) is 5.89. The van der Waals surface area contributed by atoms with Gasteiger partial charge in [-0.25, -0.2) is 4.79 Å². The molecule has 1 aliphatic rings. The summed E-state index contributed by atoms with van der Waals surface area (Å²) in [6.07, 6.45) is 1.45. The molecule has 2 rings (SSSR count). The van der Waals surface area contributed by atoms with Crippen LogP contribution < -0.4 is 10.1 Å². The van der Waals surface area contributed by atoms with Crippen LogP contribution >= 0.6 is 0 Å². The highest BCUT2D eigenvalue weighted by Gasteiger charge is 2.34. The first-order chi connectivity index (χ1) is 11.3. The third-order valence-electron chi connectivity index (χ3n) is 4.11. The van der Waals surface area contributed by atoms with E-state index < -0.39 is 18.6 Å². The molecule has 1 heterocycles. The number of ether oxygens (including phenoxy) is 1. The summed E-state index contributed by atoms with van der Waals surface area (Å²) < 4.78 is 5.28. The van der Waals surface area contributed by atoms with Gasteiger partial charge < -0.3 is 20.1 Å². The first-order valence-corrected chi connectivity index (χ1v) is 7.83. The molecular formula is C17H22N2O5. The Labute approximate surface area is 140 Å². The van der Waals surface area contributed by atoms with E-state index in [-0.39, 0.29) is 11.8 Å². The van der Waals surface area contributed by atoms with Crippen molar-refractivity contribution in [1.82, 2.24) is 10.2 Å². The highest BCUT2D eigenvalue weighted by Crippen LogP contribution is 2.27. The molecule has 0 saturated carbocycles. The van der Waals surface area contributed by atoms with Gasteiger partial charge in [-0.05, 0) is 49.9 Å². The van der Waals surface area contributed by atoms with Gasteiger partial charge in [0.2, 0.25) is 5.91 Å². The molecule has 130 valence electrons. The highest BCUT2D eigenvalue weighted by atomic mass is 16.5. The molecule has 1 saturated heterocycles. The molecule has 2 amide bonds. The van der Waals surface area contributed by atoms with Crippen LogP contribution in [0, 0.1) is 13.8 Å². The van der Waals surface area contributed by atoms with Gasteiger partial charge in [0.1, 0.15) is 11.8 Å². The van der Waals surface area contributed by atoms with E-state index in [0.717, 1.165) is 6.42 Å². The lowest BCUT2D eigenvalue weighted by atomic mass is 10.0. The summed E-state index contributed by atoms with van der Waals surface area (Å²) in [5, 5.41) is 11.3. The Morgan fingerprint density at radius 3 is 2.46 bits per heavy atom. The Morgan fingerprint density at radius 2 is 1.92 bits per heavy atom. The van der Waals surface area contributed by atoms with Crippen LogP contribution in [-0.2, 0) is 9.59 Å². The number of amides is 2. The molecule has 1 aromatic carbocycles. The number of likely N-dealkylation sites (tertiary alicyclic amines) is 1. The summed E-state index contributed by atoms with van der Waals surface area (Å²) in [6, 6.07) is 2.91. The smallest absolute Gasteiger partial charge is 0.341 e. The Morgan fingerprint density at radius 1 is 1.29 bits per heavy atom. The molecule has 2 N–H and O–H groups in total. The number of nitrogens with zero attached hydrogens (tertiary/aromatic N) is 1. The minimum atomic E-state index is -1.06. The van der Waals surface area contributed by atoms with Crippen molar-refractivity contribution in [3.8, 4) is 5.75 Å². The second kappa shape index (κ2) is 7.33. The Hall–Kier alpha value is -2.57. The molecule has 1 atom stereocenters. The van der Waals surface area contributed by atoms with Crippen LogP contribution in [0.3, 0.4) is 0 Å². The standard InChI is InChI=1S/C17H22N2O5/c1-10-7-12(8-11(2)15(10)24-9-14(20)21)17(23)19-6-4-5-13(19)16(22)18-3/h7-8,13H,4-6,9H2,1-3H3,(H,18,22)(H,20,21). The second-order valence-electron chi connectivity index (χ2n) is 5.89. The molecule has 0 radical (unpaired) electrons. The SMILES string of the molecule is CNC(=O)C1CCCN1C(=O)c1cc(C)c(OCC(=O)O)c(C)c1. The van der Waals surface area contributed by atoms with Crippen molar-refractivity contribution in [3.63, 3.8) is 0 Å². The number of carboxylic acid groups (broad SMARTS) is 1. The number of hydrogen-bond donors (Lipinski definition) is 2. The monoisotopic (exact) mass is 334 g/mol. The molecule has 0 aliphatic carbocycles. The summed E-state index contributed by atoms with van der Waals surface area (Å²) in [5.41, 5.74) is 1.86. The molecule has 0 aromatic heterocycles. The van der Waals surface area contributed by atoms with Crippen LogP contribution in [0.2, 0.25) is 0 Å². The fourth-order valence-corrected chi connectivity index (χ4v) is 3.05. The topological polar surface area (TPSA) is 95.9 Å². The third-order valence-corrected chi connectivity index (χ3v) is 4.11. The predicted molar refractivity (Wildman–Crippen MR) is 87.2 cm³/mol. The minimum absolute atomic E-state index is 0.157. The highest BCUT2D eigenvalue weighted by molar-refractivity contribution is 5.98. The predicted octanol–water partition coefficient (Wildman–Crippen LogP) is 1.12. The van der Waals surface area contributed by atoms with Crippen molar-refractivity contribution in [3.05, 3.63) is 28.8 Å². The van der Waals surface area contributed by atoms with Gasteiger partial charge in [0.15, 0.2) is 6.61 Å². The molecule has 0 spiro atoms. The van der Waals surface area contributed by atoms with Gasteiger partial charge in [-0.1, -0.05) is 0 Å². The van der Waals surface area contributed by atoms with Gasteiger partial charge in [-0.3, -0.25) is 9.59 Å². The number of rotatable bonds is 5. The van der Waals surface area contributed by atoms with E-state index in [4.69, 9.17) is 9.84 Å². The molecule has 1 unspecified atom stereocenters. The fraction of sp³-hybridized carbons (Fsp3) is 0.471. The van der Waals surface area contributed by atoms with Crippen LogP contribution in [-0.4, -0.2) is 54.0 Å². The lowest BCUT2D eigenvalue weighted by molar-refractivity contribution is -0.139. The summed E-state index contributed by atoms with van der Waals surface area (Å²) >= 11 is 0. The van der Waals surface area contributed by atoms with E-state index in [1.54, 1.807) is 37.9 Å². The maximum Gasteiger partial charge on any atom is 0.341 e. The lowest BCUT2D eigenvalue weighted by Crippen LogP contribution is -2.44. The zero-order chi connectivity index (χ0) is 17.9. The number of carboxylic acids is 1. The van der Waals surface area contributed by atoms with Gasteiger partial charge in [0.05, 0.1) is 0 Å². The number of aryl methyl sites for hydroxylation is 2. The Kier molecular flexibility index (Phi) is 5.43. The van der Waals surface area contributed by atoms with Crippen LogP contribution in [0.4, 0.5) is 0 Å². The zero-order valence-electron chi connectivity index (χ0n) is 14.1. The number of benzene rings is 1. The molecule has 7 nitrogen and oxygen atoms in total. The third kappa shape index (κ3) is 3.67. The van der Waals surface area contributed by atoms with Crippen molar-refractivity contribution in [2.75, 3.05) is 20.2 Å². The molecule has 1 fully saturated rings. The number of likely N-dealkylation sites (N-methyl/N-ethyl adjacent to an activating group) is 1. The van der Waals surface area contributed by atoms with E-state index in [1.165, 1.54) is 0 Å². The maximum atomic E-state index is 12.8. The van der Waals surface area contributed by atoms with E-state index in [0.29, 0.717) is 35.4 Å². The van der Waals surface area contributed by atoms with Crippen molar-refractivity contribution < 1.29 is 24.2 Å². The Balaban J connectivity index is 2.24. The summed E-state index contributed by atoms with van der Waals surface area (Å²) in [7, 11) is 1.56. The van der Waals surface area contributed by atoms with Crippen LogP contribution in [0.5, 0.6) is 5.75 Å². The van der Waals surface area contributed by atoms with Gasteiger partial charge in [0, 0.05) is 19.2 Å². The minimum Gasteiger partial charge on any atom is -0.481 e. The average Bonchev–Trinajstić information content (AvgIpc) is 3.01. The summed E-state index contributed by atoms with van der Waals surface area (Å²) in [4.78, 5) is 36.9. The molecule has 24 heavy (non-hydrogen) atoms. The molecular weight excluding hydrogens is 312 g/mol. The van der Waals surface area contributed by atoms with E-state index in [1.807, 2.05) is 0 Å². The van der Waals surface area contributed by atoms with E-state index >= 15 is 0 Å². The van der Waals surface area contributed by atoms with Gasteiger partial charge in [0.25, 0.3) is 5.91 Å². The van der Waals surface area contributed by atoms with Crippen LogP contribution in [0.1, 0.15) is 34.3 Å². The van der Waals surface area contributed by atoms with E-state index in [2.05, 4.69) is 5.32 Å². The molecule has 1 aliphatic heterocycles. The van der Waals surface area contributed by atoms with Crippen LogP contribution in [0.25, 0.3) is 0 Å². The van der Waals surface area contributed by atoms with Crippen molar-refractivity contribution in [2.45, 2.75) is 32.7 Å². The lowest BCUT2D eigenvalue weighted by Gasteiger charge is -2.24. The number of aliphatic carboxylic acids is 1. The average molecular weight is 334 g/mol. The van der Waals surface area contributed by atoms with Crippen molar-refractivity contribution in [1.29, 1.82) is 0 Å². The molecule has 7 heteroatoms. The van der Waals surface area contributed by atoms with Gasteiger partial charge in [-0.2, -0.15) is 0 Å². The number of nitrogens with one attached hydrogen (secondary N) is 1. The number of hydrogen-bond acceptors (Lipinski definition) is 4. The number of carbonyl (C=O) groups excluding carboxylic acids is 2. The molecule has 0 bridgehead atoms. The van der Waals surface area contributed by atoms with E-state index in [9.17, 15) is 14.4 Å². The Bertz CT molecular complexity index is 648. The van der Waals surface area contributed by atoms with Crippen molar-refractivity contribution in [2.24, 2.45) is 0 Å². The first kappa shape index (κ1) is 17.8. The zero-order valence-corrected chi connectivity index (χ0v) is 14.1. The van der Waals surface area contributed by atoms with Gasteiger partial charge in [-0.15, -0.1) is 0 Å².